The van der Waals surface area contributed by atoms with Crippen molar-refractivity contribution in [2.45, 2.75) is 19.3 Å². The highest BCUT2D eigenvalue weighted by atomic mass is 79.9. The number of terminal acetylenes is 1. The first kappa shape index (κ1) is 11.0. The lowest BCUT2D eigenvalue weighted by molar-refractivity contribution is 0.0980. The Hall–Kier alpha value is -1.07. The van der Waals surface area contributed by atoms with Crippen LogP contribution in [0.1, 0.15) is 29.6 Å². The van der Waals surface area contributed by atoms with Gasteiger partial charge in [-0.2, -0.15) is 0 Å². The van der Waals surface area contributed by atoms with Gasteiger partial charge < -0.3 is 0 Å². The summed E-state index contributed by atoms with van der Waals surface area (Å²) in [5.41, 5.74) is 0.740. The van der Waals surface area contributed by atoms with E-state index in [4.69, 9.17) is 6.42 Å². The second kappa shape index (κ2) is 5.62. The van der Waals surface area contributed by atoms with E-state index >= 15 is 0 Å². The first-order valence-corrected chi connectivity index (χ1v) is 5.26. The average molecular weight is 251 g/mol. The lowest BCUT2D eigenvalue weighted by Crippen LogP contribution is -1.99. The van der Waals surface area contributed by atoms with Crippen LogP contribution in [0, 0.1) is 12.3 Å². The molecule has 0 aliphatic carbocycles. The molecule has 0 aliphatic rings. The molecule has 1 rings (SSSR count). The quantitative estimate of drug-likeness (QED) is 0.455. The summed E-state index contributed by atoms with van der Waals surface area (Å²) in [6.45, 7) is 0. The molecule has 0 fully saturated rings. The van der Waals surface area contributed by atoms with Crippen molar-refractivity contribution in [1.29, 1.82) is 0 Å². The Morgan fingerprint density at radius 1 is 1.43 bits per heavy atom. The largest absolute Gasteiger partial charge is 0.294 e. The minimum Gasteiger partial charge on any atom is -0.294 e. The number of carbonyl (C=O) groups is 1. The number of rotatable bonds is 4. The Morgan fingerprint density at radius 2 is 2.14 bits per heavy atom. The average Bonchev–Trinajstić information content (AvgIpc) is 2.18. The van der Waals surface area contributed by atoms with Crippen molar-refractivity contribution in [2.24, 2.45) is 0 Å². The Labute approximate surface area is 92.6 Å². The summed E-state index contributed by atoms with van der Waals surface area (Å²) in [5.74, 6) is 2.67. The highest BCUT2D eigenvalue weighted by Gasteiger charge is 2.07. The Bertz CT molecular complexity index is 363. The molecule has 0 radical (unpaired) electrons. The minimum absolute atomic E-state index is 0.146. The number of benzene rings is 1. The number of Topliss-reactive ketones (excluding diaryl/α,β-unsaturated/α-hetero) is 1. The number of halogens is 1. The van der Waals surface area contributed by atoms with Gasteiger partial charge in [0.15, 0.2) is 5.78 Å². The van der Waals surface area contributed by atoms with Gasteiger partial charge in [0.05, 0.1) is 0 Å². The molecule has 0 amide bonds. The highest BCUT2D eigenvalue weighted by molar-refractivity contribution is 9.10. The van der Waals surface area contributed by atoms with Crippen molar-refractivity contribution in [3.8, 4) is 12.3 Å². The van der Waals surface area contributed by atoms with Crippen LogP contribution in [0.2, 0.25) is 0 Å². The lowest BCUT2D eigenvalue weighted by atomic mass is 10.1. The Balaban J connectivity index is 2.62. The monoisotopic (exact) mass is 250 g/mol. The molecule has 72 valence electrons. The van der Waals surface area contributed by atoms with Crippen LogP contribution in [0.25, 0.3) is 0 Å². The molecule has 0 aromatic heterocycles. The third-order valence-corrected chi connectivity index (χ3v) is 2.59. The van der Waals surface area contributed by atoms with Gasteiger partial charge >= 0.3 is 0 Å². The number of ketones is 1. The lowest BCUT2D eigenvalue weighted by Gasteiger charge is -2.01. The van der Waals surface area contributed by atoms with E-state index in [9.17, 15) is 4.79 Å². The molecular formula is C12H11BrO. The standard InChI is InChI=1S/C12H11BrO/c1-2-3-4-9-12(14)10-7-5-6-8-11(10)13/h1,5-8H,3-4,9H2. The second-order valence-corrected chi connectivity index (χ2v) is 3.82. The fraction of sp³-hybridized carbons (Fsp3) is 0.250. The minimum atomic E-state index is 0.146. The van der Waals surface area contributed by atoms with Crippen LogP contribution in [0.3, 0.4) is 0 Å². The molecule has 1 nitrogen and oxygen atoms in total. The molecule has 0 saturated carbocycles. The van der Waals surface area contributed by atoms with Gasteiger partial charge in [-0.1, -0.05) is 34.1 Å². The van der Waals surface area contributed by atoms with Crippen LogP contribution in [0.15, 0.2) is 28.7 Å². The summed E-state index contributed by atoms with van der Waals surface area (Å²) < 4.78 is 0.853. The van der Waals surface area contributed by atoms with Crippen molar-refractivity contribution >= 4 is 21.7 Å². The third-order valence-electron chi connectivity index (χ3n) is 1.90. The second-order valence-electron chi connectivity index (χ2n) is 2.96. The van der Waals surface area contributed by atoms with Crippen LogP contribution >= 0.6 is 15.9 Å². The highest BCUT2D eigenvalue weighted by Crippen LogP contribution is 2.18. The topological polar surface area (TPSA) is 17.1 Å². The maximum absolute atomic E-state index is 11.6. The normalized spacial score (nSPS) is 9.43. The number of hydrogen-bond acceptors (Lipinski definition) is 1. The van der Waals surface area contributed by atoms with Crippen molar-refractivity contribution in [3.63, 3.8) is 0 Å². The number of hydrogen-bond donors (Lipinski definition) is 0. The summed E-state index contributed by atoms with van der Waals surface area (Å²) in [6.07, 6.45) is 7.06. The maximum atomic E-state index is 11.6. The molecule has 0 heterocycles. The van der Waals surface area contributed by atoms with Crippen molar-refractivity contribution in [2.75, 3.05) is 0 Å². The van der Waals surface area contributed by atoms with Crippen molar-refractivity contribution in [3.05, 3.63) is 34.3 Å². The molecule has 0 aliphatic heterocycles. The summed E-state index contributed by atoms with van der Waals surface area (Å²) in [6, 6.07) is 7.44. The molecule has 0 atom stereocenters. The van der Waals surface area contributed by atoms with Crippen molar-refractivity contribution < 1.29 is 4.79 Å². The van der Waals surface area contributed by atoms with E-state index in [1.807, 2.05) is 24.3 Å². The summed E-state index contributed by atoms with van der Waals surface area (Å²) in [7, 11) is 0. The van der Waals surface area contributed by atoms with Crippen molar-refractivity contribution in [1.82, 2.24) is 0 Å². The summed E-state index contributed by atoms with van der Waals surface area (Å²) in [5, 5.41) is 0. The van der Waals surface area contributed by atoms with Crippen LogP contribution in [0.5, 0.6) is 0 Å². The molecule has 0 unspecified atom stereocenters. The zero-order valence-electron chi connectivity index (χ0n) is 7.79. The van der Waals surface area contributed by atoms with Crippen LogP contribution in [0.4, 0.5) is 0 Å². The first-order chi connectivity index (χ1) is 6.75. The van der Waals surface area contributed by atoms with E-state index in [2.05, 4.69) is 21.9 Å². The predicted molar refractivity (Wildman–Crippen MR) is 61.2 cm³/mol. The smallest absolute Gasteiger partial charge is 0.164 e. The maximum Gasteiger partial charge on any atom is 0.164 e. The number of carbonyl (C=O) groups excluding carboxylic acids is 1. The van der Waals surface area contributed by atoms with Crippen LogP contribution in [-0.4, -0.2) is 5.78 Å². The molecule has 0 saturated heterocycles. The third kappa shape index (κ3) is 3.01. The van der Waals surface area contributed by atoms with Gasteiger partial charge in [0.1, 0.15) is 0 Å². The molecule has 1 aromatic rings. The molecule has 0 N–H and O–H groups in total. The van der Waals surface area contributed by atoms with E-state index in [0.717, 1.165) is 16.5 Å². The first-order valence-electron chi connectivity index (χ1n) is 4.47. The fourth-order valence-corrected chi connectivity index (χ4v) is 1.68. The van der Waals surface area contributed by atoms with Gasteiger partial charge in [-0.05, 0) is 12.5 Å². The molecule has 1 aromatic carbocycles. The van der Waals surface area contributed by atoms with Gasteiger partial charge in [0, 0.05) is 22.9 Å². The molecule has 0 spiro atoms. The van der Waals surface area contributed by atoms with E-state index in [1.54, 1.807) is 0 Å². The molecule has 0 bridgehead atoms. The van der Waals surface area contributed by atoms with E-state index < -0.39 is 0 Å². The zero-order valence-corrected chi connectivity index (χ0v) is 9.38. The van der Waals surface area contributed by atoms with E-state index in [0.29, 0.717) is 12.8 Å². The van der Waals surface area contributed by atoms with Gasteiger partial charge in [-0.15, -0.1) is 12.3 Å². The predicted octanol–water partition coefficient (Wildman–Crippen LogP) is 3.44. The van der Waals surface area contributed by atoms with Gasteiger partial charge in [-0.25, -0.2) is 0 Å². The van der Waals surface area contributed by atoms with Crippen LogP contribution < -0.4 is 0 Å². The van der Waals surface area contributed by atoms with E-state index in [-0.39, 0.29) is 5.78 Å². The van der Waals surface area contributed by atoms with Gasteiger partial charge in [-0.3, -0.25) is 4.79 Å². The van der Waals surface area contributed by atoms with E-state index in [1.165, 1.54) is 0 Å². The fourth-order valence-electron chi connectivity index (χ4n) is 1.17. The summed E-state index contributed by atoms with van der Waals surface area (Å²) in [4.78, 5) is 11.6. The number of unbranched alkanes of at least 4 members (excludes halogenated alkanes) is 1. The Kier molecular flexibility index (Phi) is 4.42. The Morgan fingerprint density at radius 3 is 2.79 bits per heavy atom. The van der Waals surface area contributed by atoms with Gasteiger partial charge in [0.25, 0.3) is 0 Å². The molecule has 2 heteroatoms. The van der Waals surface area contributed by atoms with Crippen LogP contribution in [-0.2, 0) is 0 Å². The molecule has 14 heavy (non-hydrogen) atoms. The SMILES string of the molecule is C#CCCCC(=O)c1ccccc1Br. The zero-order chi connectivity index (χ0) is 10.4. The van der Waals surface area contributed by atoms with Gasteiger partial charge in [0.2, 0.25) is 0 Å². The summed E-state index contributed by atoms with van der Waals surface area (Å²) >= 11 is 3.34. The molecular weight excluding hydrogens is 240 g/mol.